The van der Waals surface area contributed by atoms with Gasteiger partial charge in [0.15, 0.2) is 18.2 Å². The van der Waals surface area contributed by atoms with E-state index in [0.29, 0.717) is 18.2 Å². The first-order valence-electron chi connectivity index (χ1n) is 22.0. The second kappa shape index (κ2) is 15.1. The standard InChI is InChI=1S/C51H63N3O6/c1-47(2,3)50(6,56)41-28-48(4)42-27-37-19-24-40(44-43(37)51(48,46(60-44)49(41,5)57-7)25-26-54(42)30-34-13-14-34)59-32-53-39-20-15-33(16-21-39)29-52-38-22-17-36(18-23-38)45(55)58-31-35-11-9-8-10-12-35/h8-12,15-24,34,41-42,46,52-53,56H,13-14,25-32H2,1-7H3. The first-order chi connectivity index (χ1) is 28.7. The van der Waals surface area contributed by atoms with Crippen molar-refractivity contribution < 1.29 is 28.8 Å². The summed E-state index contributed by atoms with van der Waals surface area (Å²) in [5.74, 6) is 1.93. The number of rotatable bonds is 14. The van der Waals surface area contributed by atoms with E-state index in [1.54, 1.807) is 12.1 Å². The number of carbonyl (C=O) groups is 1. The molecule has 0 aromatic heterocycles. The highest BCUT2D eigenvalue weighted by Crippen LogP contribution is 2.73. The van der Waals surface area contributed by atoms with E-state index in [9.17, 15) is 9.90 Å². The molecule has 4 aromatic rings. The van der Waals surface area contributed by atoms with Gasteiger partial charge in [0.25, 0.3) is 0 Å². The minimum absolute atomic E-state index is 0.130. The van der Waals surface area contributed by atoms with Crippen LogP contribution in [0, 0.1) is 22.7 Å². The van der Waals surface area contributed by atoms with Gasteiger partial charge in [-0.15, -0.1) is 0 Å². The Kier molecular flexibility index (Phi) is 10.3. The van der Waals surface area contributed by atoms with Crippen molar-refractivity contribution in [1.82, 2.24) is 4.90 Å². The number of hydrogen-bond acceptors (Lipinski definition) is 9. The molecule has 60 heavy (non-hydrogen) atoms. The van der Waals surface area contributed by atoms with Crippen LogP contribution in [0.15, 0.2) is 91.0 Å². The number of methoxy groups -OCH3 is 1. The molecule has 9 heteroatoms. The fourth-order valence-corrected chi connectivity index (χ4v) is 11.5. The van der Waals surface area contributed by atoms with E-state index in [-0.39, 0.29) is 47.6 Å². The molecule has 0 amide bonds. The van der Waals surface area contributed by atoms with E-state index in [4.69, 9.17) is 18.9 Å². The van der Waals surface area contributed by atoms with Crippen LogP contribution in [-0.2, 0) is 34.5 Å². The van der Waals surface area contributed by atoms with Crippen molar-refractivity contribution >= 4 is 17.3 Å². The van der Waals surface area contributed by atoms with Gasteiger partial charge in [-0.3, -0.25) is 4.90 Å². The minimum atomic E-state index is -1.00. The van der Waals surface area contributed by atoms with Crippen LogP contribution >= 0.6 is 0 Å². The zero-order valence-electron chi connectivity index (χ0n) is 36.5. The molecular formula is C51H63N3O6. The molecule has 2 aliphatic heterocycles. The predicted molar refractivity (Wildman–Crippen MR) is 236 cm³/mol. The first kappa shape index (κ1) is 40.8. The van der Waals surface area contributed by atoms with Gasteiger partial charge in [0.05, 0.1) is 11.2 Å². The molecule has 1 spiro atoms. The fourth-order valence-electron chi connectivity index (χ4n) is 11.5. The largest absolute Gasteiger partial charge is 0.482 e. The smallest absolute Gasteiger partial charge is 0.338 e. The molecule has 3 fully saturated rings. The van der Waals surface area contributed by atoms with Gasteiger partial charge in [-0.1, -0.05) is 76.2 Å². The summed E-state index contributed by atoms with van der Waals surface area (Å²) in [6, 6.07) is 30.1. The van der Waals surface area contributed by atoms with Crippen LogP contribution in [0.4, 0.5) is 11.4 Å². The van der Waals surface area contributed by atoms with Crippen LogP contribution in [0.3, 0.4) is 0 Å². The SMILES string of the molecule is COC1(C)C(C(C)(O)C(C)(C)C)CC2(C)C3Cc4ccc(OCNc5ccc(CNc6ccc(C(=O)OCc7ccccc7)cc6)cc5)c5c4C2(CCN3CC2CC2)C1O5. The first-order valence-corrected chi connectivity index (χ1v) is 22.0. The van der Waals surface area contributed by atoms with Crippen molar-refractivity contribution in [2.45, 2.75) is 116 Å². The van der Waals surface area contributed by atoms with Crippen molar-refractivity contribution in [3.63, 3.8) is 0 Å². The summed E-state index contributed by atoms with van der Waals surface area (Å²) in [5.41, 5.74) is 4.68. The van der Waals surface area contributed by atoms with Crippen LogP contribution in [0.25, 0.3) is 0 Å². The summed E-state index contributed by atoms with van der Waals surface area (Å²) < 4.78 is 26.1. The van der Waals surface area contributed by atoms with Gasteiger partial charge in [-0.2, -0.15) is 0 Å². The maximum atomic E-state index is 12.6. The lowest BCUT2D eigenvalue weighted by molar-refractivity contribution is -0.270. The van der Waals surface area contributed by atoms with Crippen molar-refractivity contribution in [3.05, 3.63) is 119 Å². The van der Waals surface area contributed by atoms with Crippen molar-refractivity contribution in [2.75, 3.05) is 37.6 Å². The number of hydrogen-bond donors (Lipinski definition) is 3. The lowest BCUT2D eigenvalue weighted by atomic mass is 9.38. The third-order valence-corrected chi connectivity index (χ3v) is 15.7. The highest BCUT2D eigenvalue weighted by atomic mass is 16.6. The Balaban J connectivity index is 0.883. The fraction of sp³-hybridized carbons (Fsp3) is 0.510. The van der Waals surface area contributed by atoms with Gasteiger partial charge >= 0.3 is 5.97 Å². The Morgan fingerprint density at radius 3 is 2.28 bits per heavy atom. The van der Waals surface area contributed by atoms with Crippen molar-refractivity contribution in [1.29, 1.82) is 0 Å². The zero-order valence-corrected chi connectivity index (χ0v) is 36.5. The van der Waals surface area contributed by atoms with E-state index in [0.717, 1.165) is 65.7 Å². The maximum absolute atomic E-state index is 12.6. The van der Waals surface area contributed by atoms with Gasteiger partial charge in [-0.25, -0.2) is 4.79 Å². The number of esters is 1. The maximum Gasteiger partial charge on any atom is 0.338 e. The van der Waals surface area contributed by atoms with E-state index < -0.39 is 11.2 Å². The lowest BCUT2D eigenvalue weighted by Gasteiger charge is -2.70. The number of ether oxygens (including phenoxy) is 4. The number of piperidine rings is 1. The van der Waals surface area contributed by atoms with E-state index in [1.807, 2.05) is 56.5 Å². The van der Waals surface area contributed by atoms with Crippen molar-refractivity contribution in [3.8, 4) is 11.5 Å². The third kappa shape index (κ3) is 6.76. The molecule has 0 radical (unpaired) electrons. The number of likely N-dealkylation sites (tertiary alicyclic amines) is 1. The number of anilines is 2. The van der Waals surface area contributed by atoms with Crippen LogP contribution in [-0.4, -0.2) is 66.3 Å². The Labute approximate surface area is 356 Å². The molecule has 2 bridgehead atoms. The Bertz CT molecular complexity index is 2200. The summed E-state index contributed by atoms with van der Waals surface area (Å²) in [5, 5.41) is 19.5. The summed E-state index contributed by atoms with van der Waals surface area (Å²) in [6.45, 7) is 16.6. The monoisotopic (exact) mass is 813 g/mol. The topological polar surface area (TPSA) is 102 Å². The van der Waals surface area contributed by atoms with Gasteiger partial charge in [0.1, 0.15) is 18.3 Å². The van der Waals surface area contributed by atoms with Crippen LogP contribution in [0.2, 0.25) is 0 Å². The molecule has 4 aromatic carbocycles. The second-order valence-corrected chi connectivity index (χ2v) is 19.9. The summed E-state index contributed by atoms with van der Waals surface area (Å²) in [7, 11) is 1.81. The van der Waals surface area contributed by atoms with Gasteiger partial charge < -0.3 is 34.7 Å². The quantitative estimate of drug-likeness (QED) is 0.0850. The van der Waals surface area contributed by atoms with Gasteiger partial charge in [0, 0.05) is 54.5 Å². The van der Waals surface area contributed by atoms with Crippen LogP contribution in [0.5, 0.6) is 11.5 Å². The minimum Gasteiger partial charge on any atom is -0.482 e. The number of aliphatic hydroxyl groups is 1. The Morgan fingerprint density at radius 2 is 1.60 bits per heavy atom. The Hall–Kier alpha value is -4.57. The molecule has 9 rings (SSSR count). The number of nitrogens with zero attached hydrogens (tertiary/aromatic N) is 1. The molecule has 318 valence electrons. The second-order valence-electron chi connectivity index (χ2n) is 19.9. The summed E-state index contributed by atoms with van der Waals surface area (Å²) >= 11 is 0. The average molecular weight is 814 g/mol. The van der Waals surface area contributed by atoms with Gasteiger partial charge in [0.2, 0.25) is 0 Å². The molecule has 2 heterocycles. The molecule has 3 aliphatic carbocycles. The number of carbonyl (C=O) groups excluding carboxylic acids is 1. The number of nitrogens with one attached hydrogen (secondary N) is 2. The highest BCUT2D eigenvalue weighted by Gasteiger charge is 2.77. The van der Waals surface area contributed by atoms with E-state index >= 15 is 0 Å². The third-order valence-electron chi connectivity index (χ3n) is 15.7. The summed E-state index contributed by atoms with van der Waals surface area (Å²) in [6.07, 6.45) is 5.24. The number of benzene rings is 4. The van der Waals surface area contributed by atoms with Crippen LogP contribution in [0.1, 0.15) is 99.8 Å². The lowest BCUT2D eigenvalue weighted by Crippen LogP contribution is -2.79. The molecule has 1 saturated heterocycles. The van der Waals surface area contributed by atoms with Crippen molar-refractivity contribution in [2.24, 2.45) is 22.7 Å². The summed E-state index contributed by atoms with van der Waals surface area (Å²) in [4.78, 5) is 15.3. The molecule has 3 N–H and O–H groups in total. The predicted octanol–water partition coefficient (Wildman–Crippen LogP) is 9.37. The molecule has 7 atom stereocenters. The molecule has 7 unspecified atom stereocenters. The Morgan fingerprint density at radius 1 is 0.900 bits per heavy atom. The van der Waals surface area contributed by atoms with E-state index in [1.165, 1.54) is 30.5 Å². The highest BCUT2D eigenvalue weighted by molar-refractivity contribution is 5.89. The van der Waals surface area contributed by atoms with Gasteiger partial charge in [-0.05, 0) is 128 Å². The average Bonchev–Trinajstić information content (AvgIpc) is 3.99. The molecule has 2 saturated carbocycles. The molecule has 9 nitrogen and oxygen atoms in total. The normalized spacial score (nSPS) is 28.8. The molecular weight excluding hydrogens is 751 g/mol. The van der Waals surface area contributed by atoms with E-state index in [2.05, 4.69) is 86.6 Å². The zero-order chi connectivity index (χ0) is 42.1. The van der Waals surface area contributed by atoms with Crippen LogP contribution < -0.4 is 20.1 Å². The molecule has 5 aliphatic rings.